The third-order valence-corrected chi connectivity index (χ3v) is 7.00. The number of carbonyl (C=O) groups excluding carboxylic acids is 1. The highest BCUT2D eigenvalue weighted by Gasteiger charge is 2.50. The zero-order valence-corrected chi connectivity index (χ0v) is 15.4. The van der Waals surface area contributed by atoms with Crippen LogP contribution >= 0.6 is 11.3 Å². The van der Waals surface area contributed by atoms with Crippen molar-refractivity contribution in [2.45, 2.75) is 51.9 Å². The number of fused-ring (bicyclic) bond motifs is 1. The number of ketones is 1. The van der Waals surface area contributed by atoms with E-state index in [1.807, 2.05) is 11.6 Å². The lowest BCUT2D eigenvalue weighted by molar-refractivity contribution is -0.117. The van der Waals surface area contributed by atoms with Crippen molar-refractivity contribution in [1.29, 1.82) is 0 Å². The number of carbonyl (C=O) groups is 1. The number of aromatic nitrogens is 1. The molecule has 0 saturated heterocycles. The van der Waals surface area contributed by atoms with Crippen LogP contribution in [0.15, 0.2) is 47.0 Å². The highest BCUT2D eigenvalue weighted by Crippen LogP contribution is 2.56. The number of allylic oxidation sites excluding steroid dienone is 2. The first-order chi connectivity index (χ1) is 11.5. The quantitative estimate of drug-likeness (QED) is 0.765. The van der Waals surface area contributed by atoms with Crippen LogP contribution in [0.5, 0.6) is 0 Å². The number of rotatable bonds is 2. The molecular weight excluding hydrogens is 314 g/mol. The second-order valence-corrected chi connectivity index (χ2v) is 8.45. The van der Waals surface area contributed by atoms with Crippen LogP contribution in [0.3, 0.4) is 0 Å². The van der Waals surface area contributed by atoms with Crippen molar-refractivity contribution in [1.82, 2.24) is 4.98 Å². The summed E-state index contributed by atoms with van der Waals surface area (Å²) >= 11 is 1.71. The van der Waals surface area contributed by atoms with Crippen LogP contribution in [0.4, 0.5) is 0 Å². The maximum atomic E-state index is 13.1. The van der Waals surface area contributed by atoms with Crippen LogP contribution in [-0.2, 0) is 16.6 Å². The van der Waals surface area contributed by atoms with Gasteiger partial charge in [-0.2, -0.15) is 0 Å². The molecule has 124 valence electrons. The van der Waals surface area contributed by atoms with Crippen molar-refractivity contribution in [2.75, 3.05) is 0 Å². The molecule has 2 aromatic rings. The van der Waals surface area contributed by atoms with Crippen LogP contribution in [0.2, 0.25) is 0 Å². The summed E-state index contributed by atoms with van der Waals surface area (Å²) in [4.78, 5) is 19.1. The Kier molecular flexibility index (Phi) is 3.54. The molecule has 4 rings (SSSR count). The molecule has 0 N–H and O–H groups in total. The molecule has 0 fully saturated rings. The van der Waals surface area contributed by atoms with E-state index in [9.17, 15) is 4.79 Å². The first-order valence-electron chi connectivity index (χ1n) is 8.76. The molecule has 24 heavy (non-hydrogen) atoms. The Bertz CT molecular complexity index is 831. The fraction of sp³-hybridized carbons (Fsp3) is 0.429. The molecule has 0 radical (unpaired) electrons. The van der Waals surface area contributed by atoms with Gasteiger partial charge in [-0.1, -0.05) is 56.7 Å². The highest BCUT2D eigenvalue weighted by molar-refractivity contribution is 7.10. The van der Waals surface area contributed by atoms with Gasteiger partial charge >= 0.3 is 0 Å². The maximum absolute atomic E-state index is 13.1. The molecule has 1 heterocycles. The highest BCUT2D eigenvalue weighted by atomic mass is 32.1. The van der Waals surface area contributed by atoms with Crippen molar-refractivity contribution in [3.05, 3.63) is 63.1 Å². The standard InChI is InChI=1S/C21H23NOS/c1-4-21(14-8-6-5-7-9-14)18-15(12-16-19(21)24-13-22-16)20(2,3)11-10-17(18)23/h5-9,13H,4,10-12H2,1-3H3/t21-/m1/s1. The molecule has 3 heteroatoms. The predicted molar refractivity (Wildman–Crippen MR) is 98.4 cm³/mol. The van der Waals surface area contributed by atoms with Gasteiger partial charge in [0.25, 0.3) is 0 Å². The second-order valence-electron chi connectivity index (χ2n) is 7.59. The summed E-state index contributed by atoms with van der Waals surface area (Å²) in [6.07, 6.45) is 3.33. The van der Waals surface area contributed by atoms with Gasteiger partial charge < -0.3 is 0 Å². The van der Waals surface area contributed by atoms with Gasteiger partial charge in [-0.05, 0) is 23.8 Å². The molecule has 0 aliphatic heterocycles. The molecule has 0 amide bonds. The van der Waals surface area contributed by atoms with Crippen molar-refractivity contribution in [3.8, 4) is 0 Å². The molecule has 2 nitrogen and oxygen atoms in total. The molecule has 1 aromatic carbocycles. The summed E-state index contributed by atoms with van der Waals surface area (Å²) in [7, 11) is 0. The predicted octanol–water partition coefficient (Wildman–Crippen LogP) is 5.08. The minimum absolute atomic E-state index is 0.0692. The Hall–Kier alpha value is -1.74. The monoisotopic (exact) mass is 337 g/mol. The van der Waals surface area contributed by atoms with Crippen LogP contribution in [0.1, 0.15) is 56.2 Å². The summed E-state index contributed by atoms with van der Waals surface area (Å²) in [6, 6.07) is 10.6. The third-order valence-electron chi connectivity index (χ3n) is 5.97. The molecular formula is C21H23NOS. The average molecular weight is 337 g/mol. The second kappa shape index (κ2) is 5.38. The number of benzene rings is 1. The van der Waals surface area contributed by atoms with Crippen LogP contribution < -0.4 is 0 Å². The first kappa shape index (κ1) is 15.8. The molecule has 1 atom stereocenters. The first-order valence-corrected chi connectivity index (χ1v) is 9.64. The maximum Gasteiger partial charge on any atom is 0.160 e. The van der Waals surface area contributed by atoms with E-state index in [-0.39, 0.29) is 10.8 Å². The van der Waals surface area contributed by atoms with E-state index < -0.39 is 0 Å². The Morgan fingerprint density at radius 3 is 2.67 bits per heavy atom. The Labute approximate surface area is 147 Å². The number of Topliss-reactive ketones (excluding diaryl/α,β-unsaturated/α-hetero) is 1. The van der Waals surface area contributed by atoms with E-state index in [2.05, 4.69) is 50.0 Å². The largest absolute Gasteiger partial charge is 0.295 e. The average Bonchev–Trinajstić information content (AvgIpc) is 3.06. The number of nitrogens with zero attached hydrogens (tertiary/aromatic N) is 1. The number of thiazole rings is 1. The normalized spacial score (nSPS) is 25.4. The van der Waals surface area contributed by atoms with Crippen LogP contribution in [-0.4, -0.2) is 10.8 Å². The Morgan fingerprint density at radius 1 is 1.21 bits per heavy atom. The molecule has 0 bridgehead atoms. The van der Waals surface area contributed by atoms with E-state index in [0.29, 0.717) is 12.2 Å². The van der Waals surface area contributed by atoms with Gasteiger partial charge in [-0.15, -0.1) is 11.3 Å². The summed E-state index contributed by atoms with van der Waals surface area (Å²) in [5, 5.41) is 0. The van der Waals surface area contributed by atoms with Gasteiger partial charge in [-0.25, -0.2) is 4.98 Å². The Balaban J connectivity index is 2.09. The summed E-state index contributed by atoms with van der Waals surface area (Å²) in [5.74, 6) is 0.342. The minimum atomic E-state index is -0.319. The van der Waals surface area contributed by atoms with E-state index in [0.717, 1.165) is 24.8 Å². The zero-order chi connectivity index (χ0) is 16.9. The van der Waals surface area contributed by atoms with Crippen molar-refractivity contribution in [2.24, 2.45) is 5.41 Å². The van der Waals surface area contributed by atoms with Gasteiger partial charge in [0.15, 0.2) is 5.78 Å². The van der Waals surface area contributed by atoms with E-state index >= 15 is 0 Å². The van der Waals surface area contributed by atoms with Crippen LogP contribution in [0.25, 0.3) is 0 Å². The fourth-order valence-electron chi connectivity index (χ4n) is 4.59. The smallest absolute Gasteiger partial charge is 0.160 e. The number of hydrogen-bond donors (Lipinski definition) is 0. The lowest BCUT2D eigenvalue weighted by Gasteiger charge is -2.46. The third kappa shape index (κ3) is 2.00. The summed E-state index contributed by atoms with van der Waals surface area (Å²) in [5.41, 5.74) is 6.50. The summed E-state index contributed by atoms with van der Waals surface area (Å²) < 4.78 is 0. The Morgan fingerprint density at radius 2 is 1.96 bits per heavy atom. The van der Waals surface area contributed by atoms with Gasteiger partial charge in [0.05, 0.1) is 16.6 Å². The fourth-order valence-corrected chi connectivity index (χ4v) is 5.71. The minimum Gasteiger partial charge on any atom is -0.295 e. The molecule has 2 aliphatic carbocycles. The number of hydrogen-bond acceptors (Lipinski definition) is 3. The zero-order valence-electron chi connectivity index (χ0n) is 14.6. The van der Waals surface area contributed by atoms with E-state index in [4.69, 9.17) is 0 Å². The molecule has 0 unspecified atom stereocenters. The van der Waals surface area contributed by atoms with Crippen molar-refractivity contribution >= 4 is 17.1 Å². The molecule has 0 saturated carbocycles. The van der Waals surface area contributed by atoms with Gasteiger partial charge in [0.1, 0.15) is 0 Å². The summed E-state index contributed by atoms with van der Waals surface area (Å²) in [6.45, 7) is 6.79. The van der Waals surface area contributed by atoms with Gasteiger partial charge in [0, 0.05) is 23.3 Å². The topological polar surface area (TPSA) is 30.0 Å². The SMILES string of the molecule is CC[C@@]1(c2ccccc2)C2=C(Cc3ncsc31)C(C)(C)CCC2=O. The molecule has 2 aliphatic rings. The molecule has 0 spiro atoms. The van der Waals surface area contributed by atoms with Crippen molar-refractivity contribution in [3.63, 3.8) is 0 Å². The van der Waals surface area contributed by atoms with Gasteiger partial charge in [-0.3, -0.25) is 4.79 Å². The van der Waals surface area contributed by atoms with E-state index in [1.54, 1.807) is 11.3 Å². The molecule has 1 aromatic heterocycles. The van der Waals surface area contributed by atoms with Gasteiger partial charge in [0.2, 0.25) is 0 Å². The van der Waals surface area contributed by atoms with Crippen LogP contribution in [0, 0.1) is 5.41 Å². The van der Waals surface area contributed by atoms with Crippen molar-refractivity contribution < 1.29 is 4.79 Å². The van der Waals surface area contributed by atoms with E-state index in [1.165, 1.54) is 21.7 Å². The lowest BCUT2D eigenvalue weighted by Crippen LogP contribution is -2.42. The lowest BCUT2D eigenvalue weighted by atomic mass is 9.57.